The number of rotatable bonds is 8. The molecule has 0 saturated carbocycles. The molecule has 0 spiro atoms. The predicted molar refractivity (Wildman–Crippen MR) is 89.1 cm³/mol. The molecule has 0 bridgehead atoms. The Hall–Kier alpha value is -2.21. The average Bonchev–Trinajstić information content (AvgIpc) is 2.56. The zero-order chi connectivity index (χ0) is 16.7. The molecule has 23 heavy (non-hydrogen) atoms. The van der Waals surface area contributed by atoms with E-state index >= 15 is 0 Å². The lowest BCUT2D eigenvalue weighted by molar-refractivity contribution is -0.122. The van der Waals surface area contributed by atoms with Gasteiger partial charge in [0.1, 0.15) is 6.54 Å². The van der Waals surface area contributed by atoms with Crippen molar-refractivity contribution >= 4 is 16.8 Å². The van der Waals surface area contributed by atoms with Gasteiger partial charge in [-0.1, -0.05) is 25.5 Å². The Morgan fingerprint density at radius 1 is 1.35 bits per heavy atom. The maximum Gasteiger partial charge on any atom is 0.241 e. The molecule has 2 N–H and O–H groups in total. The number of aromatic nitrogens is 2. The molecule has 1 unspecified atom stereocenters. The minimum absolute atomic E-state index is 0.0682. The Bertz CT molecular complexity index is 706. The summed E-state index contributed by atoms with van der Waals surface area (Å²) in [5.74, 6) is 0.137. The first kappa shape index (κ1) is 17.1. The third-order valence-electron chi connectivity index (χ3n) is 3.88. The summed E-state index contributed by atoms with van der Waals surface area (Å²) in [4.78, 5) is 23.9. The van der Waals surface area contributed by atoms with E-state index in [1.807, 2.05) is 6.07 Å². The highest BCUT2D eigenvalue weighted by atomic mass is 16.3. The molecule has 0 radical (unpaired) electrons. The van der Waals surface area contributed by atoms with E-state index in [9.17, 15) is 9.59 Å². The molecule has 0 fully saturated rings. The van der Waals surface area contributed by atoms with Crippen molar-refractivity contribution in [3.8, 4) is 0 Å². The van der Waals surface area contributed by atoms with E-state index in [0.29, 0.717) is 23.9 Å². The number of benzene rings is 1. The average molecular weight is 317 g/mol. The summed E-state index contributed by atoms with van der Waals surface area (Å²) < 4.78 is 1.53. The number of hydrogen-bond acceptors (Lipinski definition) is 4. The van der Waals surface area contributed by atoms with Gasteiger partial charge in [0.15, 0.2) is 0 Å². The number of aliphatic hydroxyl groups excluding tert-OH is 1. The molecule has 2 aromatic rings. The van der Waals surface area contributed by atoms with E-state index in [1.54, 1.807) is 18.2 Å². The van der Waals surface area contributed by atoms with Crippen molar-refractivity contribution < 1.29 is 9.90 Å². The Morgan fingerprint density at radius 2 is 2.13 bits per heavy atom. The topological polar surface area (TPSA) is 84.2 Å². The highest BCUT2D eigenvalue weighted by Gasteiger charge is 2.11. The predicted octanol–water partition coefficient (Wildman–Crippen LogP) is 1.31. The quantitative estimate of drug-likeness (QED) is 0.769. The van der Waals surface area contributed by atoms with Crippen LogP contribution in [0.4, 0.5) is 0 Å². The Labute approximate surface area is 135 Å². The van der Waals surface area contributed by atoms with Crippen LogP contribution < -0.4 is 10.7 Å². The fraction of sp³-hybridized carbons (Fsp3) is 0.471. The first-order chi connectivity index (χ1) is 11.2. The summed E-state index contributed by atoms with van der Waals surface area (Å²) in [5, 5.41) is 16.5. The summed E-state index contributed by atoms with van der Waals surface area (Å²) in [6.45, 7) is 2.83. The SMILES string of the molecule is CCCC(CCO)CNC(=O)Cn1ncc(=O)c2ccccc21. The number of aliphatic hydroxyl groups is 1. The van der Waals surface area contributed by atoms with Gasteiger partial charge in [-0.2, -0.15) is 5.10 Å². The minimum Gasteiger partial charge on any atom is -0.396 e. The van der Waals surface area contributed by atoms with Gasteiger partial charge in [0.05, 0.1) is 11.7 Å². The fourth-order valence-corrected chi connectivity index (χ4v) is 2.68. The maximum absolute atomic E-state index is 12.1. The van der Waals surface area contributed by atoms with Crippen LogP contribution in [0.15, 0.2) is 35.3 Å². The molecule has 0 aliphatic heterocycles. The van der Waals surface area contributed by atoms with E-state index in [-0.39, 0.29) is 30.4 Å². The first-order valence-corrected chi connectivity index (χ1v) is 7.98. The van der Waals surface area contributed by atoms with Gasteiger partial charge in [0.25, 0.3) is 0 Å². The fourth-order valence-electron chi connectivity index (χ4n) is 2.68. The van der Waals surface area contributed by atoms with E-state index in [1.165, 1.54) is 10.9 Å². The van der Waals surface area contributed by atoms with Gasteiger partial charge < -0.3 is 10.4 Å². The third-order valence-corrected chi connectivity index (χ3v) is 3.88. The molecule has 1 aromatic carbocycles. The summed E-state index contributed by atoms with van der Waals surface area (Å²) in [7, 11) is 0. The Morgan fingerprint density at radius 3 is 2.87 bits per heavy atom. The van der Waals surface area contributed by atoms with Crippen LogP contribution in [0.2, 0.25) is 0 Å². The van der Waals surface area contributed by atoms with E-state index in [0.717, 1.165) is 12.8 Å². The normalized spacial score (nSPS) is 12.3. The standard InChI is InChI=1S/C17H23N3O3/c1-2-5-13(8-9-21)10-18-17(23)12-20-15-7-4-3-6-14(15)16(22)11-19-20/h3-4,6-7,11,13,21H,2,5,8-10,12H2,1H3,(H,18,23). The number of nitrogens with zero attached hydrogens (tertiary/aromatic N) is 2. The smallest absolute Gasteiger partial charge is 0.241 e. The van der Waals surface area contributed by atoms with Crippen molar-refractivity contribution in [1.29, 1.82) is 0 Å². The van der Waals surface area contributed by atoms with Gasteiger partial charge in [0, 0.05) is 18.5 Å². The number of fused-ring (bicyclic) bond motifs is 1. The molecule has 0 saturated heterocycles. The zero-order valence-electron chi connectivity index (χ0n) is 13.4. The second kappa shape index (κ2) is 8.43. The van der Waals surface area contributed by atoms with Crippen LogP contribution in [0.3, 0.4) is 0 Å². The summed E-state index contributed by atoms with van der Waals surface area (Å²) in [6, 6.07) is 7.11. The Balaban J connectivity index is 2.03. The van der Waals surface area contributed by atoms with Gasteiger partial charge in [-0.25, -0.2) is 0 Å². The minimum atomic E-state index is -0.150. The summed E-state index contributed by atoms with van der Waals surface area (Å²) in [5.41, 5.74) is 0.499. The molecule has 0 aliphatic carbocycles. The molecule has 0 aliphatic rings. The van der Waals surface area contributed by atoms with Crippen molar-refractivity contribution in [3.05, 3.63) is 40.7 Å². The summed E-state index contributed by atoms with van der Waals surface area (Å²) >= 11 is 0. The van der Waals surface area contributed by atoms with Crippen LogP contribution in [-0.2, 0) is 11.3 Å². The second-order valence-corrected chi connectivity index (χ2v) is 5.65. The maximum atomic E-state index is 12.1. The van der Waals surface area contributed by atoms with E-state index in [2.05, 4.69) is 17.3 Å². The largest absolute Gasteiger partial charge is 0.396 e. The van der Waals surface area contributed by atoms with Gasteiger partial charge in [-0.05, 0) is 30.9 Å². The molecule has 6 nitrogen and oxygen atoms in total. The highest BCUT2D eigenvalue weighted by Crippen LogP contribution is 2.10. The first-order valence-electron chi connectivity index (χ1n) is 7.98. The van der Waals surface area contributed by atoms with Crippen LogP contribution in [0.5, 0.6) is 0 Å². The third kappa shape index (κ3) is 4.63. The Kier molecular flexibility index (Phi) is 6.29. The molecule has 6 heteroatoms. The van der Waals surface area contributed by atoms with Crippen LogP contribution in [0.25, 0.3) is 10.9 Å². The number of hydrogen-bond donors (Lipinski definition) is 2. The van der Waals surface area contributed by atoms with Gasteiger partial charge >= 0.3 is 0 Å². The van der Waals surface area contributed by atoms with Crippen LogP contribution in [0.1, 0.15) is 26.2 Å². The molecule has 1 atom stereocenters. The molecular weight excluding hydrogens is 294 g/mol. The lowest BCUT2D eigenvalue weighted by Gasteiger charge is -2.16. The molecule has 1 heterocycles. The molecular formula is C17H23N3O3. The van der Waals surface area contributed by atoms with E-state index < -0.39 is 0 Å². The zero-order valence-corrected chi connectivity index (χ0v) is 13.4. The number of nitrogens with one attached hydrogen (secondary N) is 1. The van der Waals surface area contributed by atoms with Crippen molar-refractivity contribution in [1.82, 2.24) is 15.1 Å². The summed E-state index contributed by atoms with van der Waals surface area (Å²) in [6.07, 6.45) is 3.92. The van der Waals surface area contributed by atoms with Crippen molar-refractivity contribution in [3.63, 3.8) is 0 Å². The van der Waals surface area contributed by atoms with Crippen molar-refractivity contribution in [2.75, 3.05) is 13.2 Å². The lowest BCUT2D eigenvalue weighted by atomic mass is 10.0. The number of carbonyl (C=O) groups excluding carboxylic acids is 1. The molecule has 1 amide bonds. The molecule has 124 valence electrons. The number of para-hydroxylation sites is 1. The monoisotopic (exact) mass is 317 g/mol. The van der Waals surface area contributed by atoms with E-state index in [4.69, 9.17) is 5.11 Å². The number of amides is 1. The lowest BCUT2D eigenvalue weighted by Crippen LogP contribution is -2.33. The van der Waals surface area contributed by atoms with Gasteiger partial charge in [-0.15, -0.1) is 0 Å². The second-order valence-electron chi connectivity index (χ2n) is 5.65. The van der Waals surface area contributed by atoms with Crippen LogP contribution in [0, 0.1) is 5.92 Å². The van der Waals surface area contributed by atoms with Crippen molar-refractivity contribution in [2.24, 2.45) is 5.92 Å². The molecule has 2 rings (SSSR count). The van der Waals surface area contributed by atoms with Crippen LogP contribution >= 0.6 is 0 Å². The van der Waals surface area contributed by atoms with Gasteiger partial charge in [0.2, 0.25) is 11.3 Å². The van der Waals surface area contributed by atoms with Crippen LogP contribution in [-0.4, -0.2) is 33.9 Å². The highest BCUT2D eigenvalue weighted by molar-refractivity contribution is 5.81. The van der Waals surface area contributed by atoms with Crippen molar-refractivity contribution in [2.45, 2.75) is 32.7 Å². The van der Waals surface area contributed by atoms with Gasteiger partial charge in [-0.3, -0.25) is 14.3 Å². The number of carbonyl (C=O) groups is 1. The molecule has 1 aromatic heterocycles.